The Morgan fingerprint density at radius 2 is 2.12 bits per heavy atom. The van der Waals surface area contributed by atoms with Crippen molar-refractivity contribution in [2.45, 2.75) is 43.9 Å². The number of rotatable bonds is 3. The Balaban J connectivity index is 1.87. The Bertz CT molecular complexity index is 1010. The highest BCUT2D eigenvalue weighted by Gasteiger charge is 2.33. The SMILES string of the molecule is CCS(=O)c1c(-n2cc3cnc(C(F)(F)F)cc3n2)nc2n1CCCC2. The third kappa shape index (κ3) is 2.81. The molecule has 1 unspecified atom stereocenters. The Hall–Kier alpha value is -2.23. The molecule has 138 valence electrons. The monoisotopic (exact) mass is 383 g/mol. The number of alkyl halides is 3. The number of pyridine rings is 1. The maximum Gasteiger partial charge on any atom is 0.433 e. The number of aromatic nitrogens is 5. The van der Waals surface area contributed by atoms with Crippen molar-refractivity contribution >= 4 is 21.7 Å². The molecule has 0 aromatic carbocycles. The lowest BCUT2D eigenvalue weighted by atomic mass is 10.2. The quantitative estimate of drug-likeness (QED) is 0.697. The summed E-state index contributed by atoms with van der Waals surface area (Å²) in [6.45, 7) is 2.56. The molecule has 0 amide bonds. The van der Waals surface area contributed by atoms with E-state index >= 15 is 0 Å². The van der Waals surface area contributed by atoms with Gasteiger partial charge in [0.15, 0.2) is 10.8 Å². The van der Waals surface area contributed by atoms with Crippen LogP contribution in [0.2, 0.25) is 0 Å². The molecule has 4 rings (SSSR count). The molecule has 4 heterocycles. The minimum atomic E-state index is -4.53. The van der Waals surface area contributed by atoms with E-state index in [1.54, 1.807) is 6.20 Å². The van der Waals surface area contributed by atoms with Gasteiger partial charge < -0.3 is 4.57 Å². The van der Waals surface area contributed by atoms with Crippen LogP contribution in [0.25, 0.3) is 16.7 Å². The Labute approximate surface area is 149 Å². The number of hydrogen-bond acceptors (Lipinski definition) is 4. The van der Waals surface area contributed by atoms with Crippen LogP contribution in [0.3, 0.4) is 0 Å². The molecule has 3 aromatic heterocycles. The molecule has 1 aliphatic rings. The molecule has 1 aliphatic heterocycles. The van der Waals surface area contributed by atoms with Crippen molar-refractivity contribution in [2.75, 3.05) is 5.75 Å². The molecule has 26 heavy (non-hydrogen) atoms. The third-order valence-corrected chi connectivity index (χ3v) is 5.75. The van der Waals surface area contributed by atoms with Crippen LogP contribution >= 0.6 is 0 Å². The van der Waals surface area contributed by atoms with Crippen LogP contribution in [-0.4, -0.2) is 34.3 Å². The van der Waals surface area contributed by atoms with Crippen LogP contribution in [0, 0.1) is 0 Å². The van der Waals surface area contributed by atoms with Crippen LogP contribution in [0.4, 0.5) is 13.2 Å². The fraction of sp³-hybridized carbons (Fsp3) is 0.438. The zero-order chi connectivity index (χ0) is 18.5. The molecule has 0 N–H and O–H groups in total. The summed E-state index contributed by atoms with van der Waals surface area (Å²) < 4.78 is 54.6. The molecule has 0 radical (unpaired) electrons. The van der Waals surface area contributed by atoms with Gasteiger partial charge in [0.2, 0.25) is 0 Å². The molecule has 0 saturated heterocycles. The summed E-state index contributed by atoms with van der Waals surface area (Å²) in [5, 5.41) is 5.30. The van der Waals surface area contributed by atoms with Gasteiger partial charge in [-0.3, -0.25) is 9.19 Å². The second kappa shape index (κ2) is 6.19. The van der Waals surface area contributed by atoms with Crippen molar-refractivity contribution in [3.8, 4) is 5.82 Å². The van der Waals surface area contributed by atoms with Gasteiger partial charge in [0.05, 0.1) is 16.3 Å². The smallest absolute Gasteiger partial charge is 0.319 e. The molecule has 10 heteroatoms. The molecule has 0 saturated carbocycles. The van der Waals surface area contributed by atoms with Gasteiger partial charge in [-0.05, 0) is 18.9 Å². The van der Waals surface area contributed by atoms with Crippen molar-refractivity contribution in [2.24, 2.45) is 0 Å². The van der Waals surface area contributed by atoms with Crippen molar-refractivity contribution < 1.29 is 17.4 Å². The zero-order valence-electron chi connectivity index (χ0n) is 14.0. The average Bonchev–Trinajstić information content (AvgIpc) is 3.20. The highest BCUT2D eigenvalue weighted by Crippen LogP contribution is 2.30. The maximum atomic E-state index is 12.9. The summed E-state index contributed by atoms with van der Waals surface area (Å²) >= 11 is 0. The lowest BCUT2D eigenvalue weighted by Crippen LogP contribution is -2.14. The molecule has 0 aliphatic carbocycles. The standard InChI is InChI=1S/C16H16F3N5OS/c1-2-26(25)15-14(21-13-5-3-4-6-23(13)15)24-9-10-8-20-12(16(17,18)19)7-11(10)22-24/h7-9H,2-6H2,1H3. The first-order valence-corrected chi connectivity index (χ1v) is 9.61. The van der Waals surface area contributed by atoms with E-state index in [1.165, 1.54) is 4.68 Å². The first-order chi connectivity index (χ1) is 12.4. The van der Waals surface area contributed by atoms with Crippen LogP contribution in [-0.2, 0) is 29.9 Å². The second-order valence-electron chi connectivity index (χ2n) is 6.10. The van der Waals surface area contributed by atoms with E-state index in [0.717, 1.165) is 43.9 Å². The fourth-order valence-corrected chi connectivity index (χ4v) is 4.19. The Morgan fingerprint density at radius 1 is 1.31 bits per heavy atom. The van der Waals surface area contributed by atoms with Gasteiger partial charge in [0.25, 0.3) is 0 Å². The van der Waals surface area contributed by atoms with E-state index in [0.29, 0.717) is 22.0 Å². The minimum Gasteiger partial charge on any atom is -0.319 e. The lowest BCUT2D eigenvalue weighted by molar-refractivity contribution is -0.141. The van der Waals surface area contributed by atoms with Crippen LogP contribution in [0.15, 0.2) is 23.5 Å². The van der Waals surface area contributed by atoms with Gasteiger partial charge in [0.1, 0.15) is 11.5 Å². The molecule has 3 aromatic rings. The largest absolute Gasteiger partial charge is 0.433 e. The number of fused-ring (bicyclic) bond motifs is 2. The first-order valence-electron chi connectivity index (χ1n) is 8.29. The Kier molecular flexibility index (Phi) is 4.09. The summed E-state index contributed by atoms with van der Waals surface area (Å²) in [6, 6.07) is 0.915. The second-order valence-corrected chi connectivity index (χ2v) is 7.75. The molecular weight excluding hydrogens is 367 g/mol. The van der Waals surface area contributed by atoms with Gasteiger partial charge in [-0.1, -0.05) is 6.92 Å². The Morgan fingerprint density at radius 3 is 2.85 bits per heavy atom. The van der Waals surface area contributed by atoms with Gasteiger partial charge in [-0.15, -0.1) is 0 Å². The van der Waals surface area contributed by atoms with Crippen molar-refractivity contribution in [3.63, 3.8) is 0 Å². The number of halogens is 3. The summed E-state index contributed by atoms with van der Waals surface area (Å²) in [7, 11) is -1.26. The number of aryl methyl sites for hydroxylation is 1. The summed E-state index contributed by atoms with van der Waals surface area (Å²) in [5.74, 6) is 1.70. The first kappa shape index (κ1) is 17.2. The molecule has 6 nitrogen and oxygen atoms in total. The normalized spacial score (nSPS) is 16.0. The van der Waals surface area contributed by atoms with Crippen molar-refractivity contribution in [1.29, 1.82) is 0 Å². The fourth-order valence-electron chi connectivity index (χ4n) is 3.14. The van der Waals surface area contributed by atoms with Crippen LogP contribution < -0.4 is 0 Å². The van der Waals surface area contributed by atoms with E-state index in [-0.39, 0.29) is 5.52 Å². The molecule has 0 fully saturated rings. The third-order valence-electron chi connectivity index (χ3n) is 4.39. The van der Waals surface area contributed by atoms with Gasteiger partial charge in [-0.25, -0.2) is 9.67 Å². The van der Waals surface area contributed by atoms with E-state index in [1.807, 2.05) is 11.5 Å². The van der Waals surface area contributed by atoms with E-state index < -0.39 is 22.7 Å². The summed E-state index contributed by atoms with van der Waals surface area (Å²) in [6.07, 6.45) is 0.974. The van der Waals surface area contributed by atoms with E-state index in [4.69, 9.17) is 0 Å². The van der Waals surface area contributed by atoms with E-state index in [2.05, 4.69) is 15.1 Å². The van der Waals surface area contributed by atoms with Crippen LogP contribution in [0.5, 0.6) is 0 Å². The van der Waals surface area contributed by atoms with Crippen molar-refractivity contribution in [1.82, 2.24) is 24.3 Å². The predicted molar refractivity (Wildman–Crippen MR) is 89.5 cm³/mol. The van der Waals surface area contributed by atoms with E-state index in [9.17, 15) is 17.4 Å². The maximum absolute atomic E-state index is 12.9. The average molecular weight is 383 g/mol. The summed E-state index contributed by atoms with van der Waals surface area (Å²) in [5.41, 5.74) is -0.816. The predicted octanol–water partition coefficient (Wildman–Crippen LogP) is 3.10. The minimum absolute atomic E-state index is 0.173. The lowest BCUT2D eigenvalue weighted by Gasteiger charge is -2.15. The topological polar surface area (TPSA) is 65.6 Å². The highest BCUT2D eigenvalue weighted by atomic mass is 32.2. The van der Waals surface area contributed by atoms with Gasteiger partial charge in [-0.2, -0.15) is 18.3 Å². The highest BCUT2D eigenvalue weighted by molar-refractivity contribution is 7.85. The number of nitrogens with zero attached hydrogens (tertiary/aromatic N) is 5. The number of imidazole rings is 1. The molecule has 1 atom stereocenters. The zero-order valence-corrected chi connectivity index (χ0v) is 14.8. The van der Waals surface area contributed by atoms with Gasteiger partial charge in [0, 0.05) is 36.5 Å². The molecule has 0 bridgehead atoms. The van der Waals surface area contributed by atoms with Gasteiger partial charge >= 0.3 is 6.18 Å². The number of hydrogen-bond donors (Lipinski definition) is 0. The molecular formula is C16H16F3N5OS. The van der Waals surface area contributed by atoms with Crippen LogP contribution in [0.1, 0.15) is 31.3 Å². The summed E-state index contributed by atoms with van der Waals surface area (Å²) in [4.78, 5) is 8.04. The molecule has 0 spiro atoms. The van der Waals surface area contributed by atoms with Crippen molar-refractivity contribution in [3.05, 3.63) is 30.0 Å².